The summed E-state index contributed by atoms with van der Waals surface area (Å²) in [6.07, 6.45) is 6.19. The first-order chi connectivity index (χ1) is 11.0. The van der Waals surface area contributed by atoms with E-state index in [1.54, 1.807) is 19.4 Å². The van der Waals surface area contributed by atoms with E-state index in [-0.39, 0.29) is 4.90 Å². The third-order valence-electron chi connectivity index (χ3n) is 3.49. The second-order valence-corrected chi connectivity index (χ2v) is 6.90. The van der Waals surface area contributed by atoms with E-state index in [0.717, 1.165) is 16.7 Å². The van der Waals surface area contributed by atoms with Gasteiger partial charge >= 0.3 is 0 Å². The summed E-state index contributed by atoms with van der Waals surface area (Å²) in [5.41, 5.74) is 3.28. The maximum absolute atomic E-state index is 12.4. The average molecular weight is 328 g/mol. The fourth-order valence-corrected chi connectivity index (χ4v) is 3.30. The van der Waals surface area contributed by atoms with E-state index in [1.165, 1.54) is 17.1 Å². The van der Waals surface area contributed by atoms with Crippen molar-refractivity contribution in [3.05, 3.63) is 60.7 Å². The van der Waals surface area contributed by atoms with Crippen LogP contribution in [0.2, 0.25) is 0 Å². The summed E-state index contributed by atoms with van der Waals surface area (Å²) in [5.74, 6) is 0. The molecule has 0 aliphatic carbocycles. The summed E-state index contributed by atoms with van der Waals surface area (Å²) in [7, 11) is -1.98. The molecule has 0 amide bonds. The van der Waals surface area contributed by atoms with E-state index in [1.807, 2.05) is 37.3 Å². The Bertz CT molecular complexity index is 934. The summed E-state index contributed by atoms with van der Waals surface area (Å²) in [4.78, 5) is 4.12. The molecule has 0 saturated heterocycles. The normalized spacial score (nSPS) is 11.4. The molecule has 0 fully saturated rings. The van der Waals surface area contributed by atoms with Gasteiger partial charge in [-0.05, 0) is 41.8 Å². The van der Waals surface area contributed by atoms with Gasteiger partial charge in [0.25, 0.3) is 10.0 Å². The second-order valence-electron chi connectivity index (χ2n) is 5.22. The van der Waals surface area contributed by atoms with Crippen molar-refractivity contribution < 1.29 is 8.42 Å². The van der Waals surface area contributed by atoms with E-state index < -0.39 is 10.0 Å². The van der Waals surface area contributed by atoms with Gasteiger partial charge in [0.1, 0.15) is 4.90 Å². The molecule has 0 atom stereocenters. The van der Waals surface area contributed by atoms with Crippen molar-refractivity contribution in [2.24, 2.45) is 7.05 Å². The Labute approximate surface area is 134 Å². The number of sulfonamides is 1. The third-order valence-corrected chi connectivity index (χ3v) is 4.81. The van der Waals surface area contributed by atoms with Gasteiger partial charge < -0.3 is 0 Å². The molecule has 7 heteroatoms. The topological polar surface area (TPSA) is 76.9 Å². The van der Waals surface area contributed by atoms with Gasteiger partial charge in [0.05, 0.1) is 11.9 Å². The Kier molecular flexibility index (Phi) is 3.87. The number of aryl methyl sites for hydroxylation is 2. The number of anilines is 1. The standard InChI is InChI=1S/C16H16N4O2S/c1-12-3-4-14(13-5-7-17-8-6-13)9-16(12)19-23(21,22)15-10-18-20(2)11-15/h3-11,19H,1-2H3. The van der Waals surface area contributed by atoms with Crippen LogP contribution in [-0.4, -0.2) is 23.2 Å². The van der Waals surface area contributed by atoms with Crippen LogP contribution in [0.4, 0.5) is 5.69 Å². The largest absolute Gasteiger partial charge is 0.279 e. The first-order valence-electron chi connectivity index (χ1n) is 6.98. The van der Waals surface area contributed by atoms with Crippen molar-refractivity contribution in [2.45, 2.75) is 11.8 Å². The molecule has 0 spiro atoms. The van der Waals surface area contributed by atoms with Crippen molar-refractivity contribution in [1.82, 2.24) is 14.8 Å². The second kappa shape index (κ2) is 5.85. The molecule has 23 heavy (non-hydrogen) atoms. The number of pyridine rings is 1. The highest BCUT2D eigenvalue weighted by Gasteiger charge is 2.17. The number of hydrogen-bond acceptors (Lipinski definition) is 4. The van der Waals surface area contributed by atoms with Crippen LogP contribution >= 0.6 is 0 Å². The van der Waals surface area contributed by atoms with Gasteiger partial charge in [0.15, 0.2) is 0 Å². The monoisotopic (exact) mass is 328 g/mol. The molecule has 118 valence electrons. The lowest BCUT2D eigenvalue weighted by Crippen LogP contribution is -2.13. The first kappa shape index (κ1) is 15.2. The number of rotatable bonds is 4. The smallest absolute Gasteiger partial charge is 0.265 e. The highest BCUT2D eigenvalue weighted by atomic mass is 32.2. The SMILES string of the molecule is Cc1ccc(-c2ccncc2)cc1NS(=O)(=O)c1cnn(C)c1. The summed E-state index contributed by atoms with van der Waals surface area (Å²) in [5, 5.41) is 3.90. The first-order valence-corrected chi connectivity index (χ1v) is 8.46. The number of benzene rings is 1. The van der Waals surface area contributed by atoms with Gasteiger partial charge in [0.2, 0.25) is 0 Å². The molecular weight excluding hydrogens is 312 g/mol. The Morgan fingerprint density at radius 3 is 2.48 bits per heavy atom. The summed E-state index contributed by atoms with van der Waals surface area (Å²) < 4.78 is 29.0. The van der Waals surface area contributed by atoms with Gasteiger partial charge in [-0.25, -0.2) is 8.42 Å². The van der Waals surface area contributed by atoms with E-state index in [2.05, 4.69) is 14.8 Å². The zero-order chi connectivity index (χ0) is 16.4. The molecule has 2 aromatic heterocycles. The maximum Gasteiger partial charge on any atom is 0.265 e. The summed E-state index contributed by atoms with van der Waals surface area (Å²) >= 11 is 0. The number of nitrogens with one attached hydrogen (secondary N) is 1. The van der Waals surface area contributed by atoms with Crippen LogP contribution in [0.25, 0.3) is 11.1 Å². The Balaban J connectivity index is 1.97. The van der Waals surface area contributed by atoms with Gasteiger partial charge in [0, 0.05) is 25.6 Å². The van der Waals surface area contributed by atoms with Crippen LogP contribution in [0.5, 0.6) is 0 Å². The van der Waals surface area contributed by atoms with E-state index in [0.29, 0.717) is 5.69 Å². The number of aromatic nitrogens is 3. The summed E-state index contributed by atoms with van der Waals surface area (Å²) in [6, 6.07) is 9.41. The Morgan fingerprint density at radius 1 is 1.09 bits per heavy atom. The number of nitrogens with zero attached hydrogens (tertiary/aromatic N) is 3. The minimum absolute atomic E-state index is 0.133. The molecular formula is C16H16N4O2S. The molecule has 0 bridgehead atoms. The zero-order valence-electron chi connectivity index (χ0n) is 12.8. The highest BCUT2D eigenvalue weighted by Crippen LogP contribution is 2.26. The molecule has 0 aliphatic heterocycles. The third kappa shape index (κ3) is 3.24. The van der Waals surface area contributed by atoms with Crippen LogP contribution in [0, 0.1) is 6.92 Å². The van der Waals surface area contributed by atoms with Crippen molar-refractivity contribution in [1.29, 1.82) is 0 Å². The van der Waals surface area contributed by atoms with Crippen molar-refractivity contribution in [3.63, 3.8) is 0 Å². The fourth-order valence-electron chi connectivity index (χ4n) is 2.20. The Morgan fingerprint density at radius 2 is 1.83 bits per heavy atom. The van der Waals surface area contributed by atoms with E-state index >= 15 is 0 Å². The quantitative estimate of drug-likeness (QED) is 0.798. The molecule has 0 unspecified atom stereocenters. The summed E-state index contributed by atoms with van der Waals surface area (Å²) in [6.45, 7) is 1.86. The Hall–Kier alpha value is -2.67. The van der Waals surface area contributed by atoms with E-state index in [9.17, 15) is 8.42 Å². The molecule has 0 saturated carbocycles. The fraction of sp³-hybridized carbons (Fsp3) is 0.125. The van der Waals surface area contributed by atoms with Crippen molar-refractivity contribution >= 4 is 15.7 Å². The van der Waals surface area contributed by atoms with Crippen LogP contribution in [-0.2, 0) is 17.1 Å². The van der Waals surface area contributed by atoms with E-state index in [4.69, 9.17) is 0 Å². The van der Waals surface area contributed by atoms with Crippen molar-refractivity contribution in [3.8, 4) is 11.1 Å². The van der Waals surface area contributed by atoms with Crippen molar-refractivity contribution in [2.75, 3.05) is 4.72 Å². The highest BCUT2D eigenvalue weighted by molar-refractivity contribution is 7.92. The lowest BCUT2D eigenvalue weighted by atomic mass is 10.0. The molecule has 3 rings (SSSR count). The van der Waals surface area contributed by atoms with Crippen LogP contribution < -0.4 is 4.72 Å². The van der Waals surface area contributed by atoms with Gasteiger partial charge in [-0.3, -0.25) is 14.4 Å². The predicted molar refractivity (Wildman–Crippen MR) is 88.4 cm³/mol. The van der Waals surface area contributed by atoms with Crippen LogP contribution in [0.1, 0.15) is 5.56 Å². The molecule has 1 aromatic carbocycles. The molecule has 3 aromatic rings. The van der Waals surface area contributed by atoms with Crippen LogP contribution in [0.3, 0.4) is 0 Å². The molecule has 6 nitrogen and oxygen atoms in total. The van der Waals surface area contributed by atoms with Gasteiger partial charge in [-0.1, -0.05) is 12.1 Å². The molecule has 0 aliphatic rings. The minimum Gasteiger partial charge on any atom is -0.279 e. The molecule has 2 heterocycles. The molecule has 0 radical (unpaired) electrons. The number of hydrogen-bond donors (Lipinski definition) is 1. The lowest BCUT2D eigenvalue weighted by Gasteiger charge is -2.11. The predicted octanol–water partition coefficient (Wildman–Crippen LogP) is 2.59. The lowest BCUT2D eigenvalue weighted by molar-refractivity contribution is 0.601. The molecule has 1 N–H and O–H groups in total. The van der Waals surface area contributed by atoms with Gasteiger partial charge in [-0.15, -0.1) is 0 Å². The van der Waals surface area contributed by atoms with Gasteiger partial charge in [-0.2, -0.15) is 5.10 Å². The minimum atomic E-state index is -3.66. The maximum atomic E-state index is 12.4. The van der Waals surface area contributed by atoms with Crippen LogP contribution in [0.15, 0.2) is 60.0 Å². The zero-order valence-corrected chi connectivity index (χ0v) is 13.6. The average Bonchev–Trinajstić information content (AvgIpc) is 2.98.